The summed E-state index contributed by atoms with van der Waals surface area (Å²) in [4.78, 5) is 0. The number of hydrogen-bond donors (Lipinski definition) is 0. The van der Waals surface area contributed by atoms with E-state index in [0.717, 1.165) is 17.8 Å². The van der Waals surface area contributed by atoms with Gasteiger partial charge in [0.1, 0.15) is 0 Å². The number of aryl methyl sites for hydroxylation is 1. The molecule has 266 valence electrons. The third kappa shape index (κ3) is 42.4. The van der Waals surface area contributed by atoms with E-state index < -0.39 is 0 Å². The zero-order valence-electron chi connectivity index (χ0n) is 34.5. The van der Waals surface area contributed by atoms with Gasteiger partial charge in [0.25, 0.3) is 0 Å². The van der Waals surface area contributed by atoms with Crippen LogP contribution in [0.25, 0.3) is 0 Å². The molecular weight excluding hydrogens is 540 g/mol. The maximum absolute atomic E-state index is 2.39. The quantitative estimate of drug-likeness (QED) is 0.252. The van der Waals surface area contributed by atoms with Crippen LogP contribution in [0.15, 0.2) is 65.8 Å². The fourth-order valence-electron chi connectivity index (χ4n) is 4.85. The van der Waals surface area contributed by atoms with Crippen LogP contribution < -0.4 is 0 Å². The van der Waals surface area contributed by atoms with Crippen molar-refractivity contribution in [2.24, 2.45) is 28.6 Å². The van der Waals surface area contributed by atoms with E-state index in [1.165, 1.54) is 80.9 Å². The van der Waals surface area contributed by atoms with Gasteiger partial charge in [0.05, 0.1) is 0 Å². The minimum Gasteiger partial charge on any atom is -0.0888 e. The second-order valence-corrected chi connectivity index (χ2v) is 15.3. The fraction of sp³-hybridized carbons (Fsp3) is 0.733. The van der Waals surface area contributed by atoms with Gasteiger partial charge in [-0.2, -0.15) is 0 Å². The van der Waals surface area contributed by atoms with Gasteiger partial charge in [-0.3, -0.25) is 0 Å². The summed E-state index contributed by atoms with van der Waals surface area (Å²) in [6, 6.07) is 10.7. The van der Waals surface area contributed by atoms with Gasteiger partial charge in [0.2, 0.25) is 0 Å². The minimum atomic E-state index is 0.328. The van der Waals surface area contributed by atoms with E-state index in [1.807, 2.05) is 27.7 Å². The summed E-state index contributed by atoms with van der Waals surface area (Å²) < 4.78 is 0. The zero-order chi connectivity index (χ0) is 35.9. The van der Waals surface area contributed by atoms with Crippen LogP contribution in [0, 0.1) is 28.6 Å². The molecule has 0 atom stereocenters. The maximum Gasteiger partial charge on any atom is -0.0201 e. The Morgan fingerprint density at radius 1 is 0.778 bits per heavy atom. The Kier molecular flexibility index (Phi) is 36.2. The van der Waals surface area contributed by atoms with E-state index in [2.05, 4.69) is 152 Å². The van der Waals surface area contributed by atoms with E-state index in [-0.39, 0.29) is 0 Å². The van der Waals surface area contributed by atoms with Crippen LogP contribution >= 0.6 is 0 Å². The summed E-state index contributed by atoms with van der Waals surface area (Å²) in [6.07, 6.45) is 22.1. The highest BCUT2D eigenvalue weighted by Crippen LogP contribution is 2.32. The molecule has 0 heteroatoms. The van der Waals surface area contributed by atoms with Gasteiger partial charge in [-0.1, -0.05) is 182 Å². The van der Waals surface area contributed by atoms with Crippen molar-refractivity contribution in [3.63, 3.8) is 0 Å². The summed E-state index contributed by atoms with van der Waals surface area (Å²) in [7, 11) is 0. The molecule has 0 heterocycles. The van der Waals surface area contributed by atoms with Crippen LogP contribution in [0.4, 0.5) is 0 Å². The fourth-order valence-corrected chi connectivity index (χ4v) is 4.85. The molecule has 1 fully saturated rings. The van der Waals surface area contributed by atoms with Crippen molar-refractivity contribution in [2.45, 2.75) is 189 Å². The minimum absolute atomic E-state index is 0.328. The lowest BCUT2D eigenvalue weighted by Crippen LogP contribution is -2.16. The summed E-state index contributed by atoms with van der Waals surface area (Å²) >= 11 is 0. The Balaban J connectivity index is -0.000000246. The van der Waals surface area contributed by atoms with Crippen LogP contribution in [0.1, 0.15) is 188 Å². The van der Waals surface area contributed by atoms with Crippen LogP contribution in [0.5, 0.6) is 0 Å². The van der Waals surface area contributed by atoms with Gasteiger partial charge in [-0.15, -0.1) is 0 Å². The molecule has 0 radical (unpaired) electrons. The van der Waals surface area contributed by atoms with Crippen LogP contribution in [-0.4, -0.2) is 0 Å². The number of hydrogen-bond acceptors (Lipinski definition) is 0. The maximum atomic E-state index is 2.39. The van der Waals surface area contributed by atoms with Crippen molar-refractivity contribution >= 4 is 0 Å². The Morgan fingerprint density at radius 2 is 1.24 bits per heavy atom. The molecule has 0 nitrogen and oxygen atoms in total. The number of allylic oxidation sites excluding steroid dienone is 6. The van der Waals surface area contributed by atoms with Gasteiger partial charge >= 0.3 is 0 Å². The Bertz CT molecular complexity index is 786. The van der Waals surface area contributed by atoms with Crippen molar-refractivity contribution in [1.29, 1.82) is 0 Å². The first-order chi connectivity index (χ1) is 21.0. The molecule has 2 rings (SSSR count). The highest BCUT2D eigenvalue weighted by molar-refractivity contribution is 5.14. The molecule has 45 heavy (non-hydrogen) atoms. The van der Waals surface area contributed by atoms with Gasteiger partial charge in [0, 0.05) is 0 Å². The molecule has 1 saturated carbocycles. The van der Waals surface area contributed by atoms with Crippen molar-refractivity contribution in [3.05, 3.63) is 71.3 Å². The van der Waals surface area contributed by atoms with Gasteiger partial charge in [0.15, 0.2) is 0 Å². The first-order valence-corrected chi connectivity index (χ1v) is 19.0. The molecule has 1 aliphatic carbocycles. The molecule has 0 spiro atoms. The van der Waals surface area contributed by atoms with Crippen molar-refractivity contribution < 1.29 is 0 Å². The largest absolute Gasteiger partial charge is 0.0888 e. The van der Waals surface area contributed by atoms with E-state index in [9.17, 15) is 0 Å². The molecular formula is C45H86. The lowest BCUT2D eigenvalue weighted by atomic mass is 9.78. The third-order valence-electron chi connectivity index (χ3n) is 7.42. The standard InChI is InChI=1S/C13H24.C12H18.C10H20.C6H12.2C2H6/c1-11(2)8-7-9-12(3)10-13(4,5)6;1-12(2,3)10-9-11-7-5-4-6-8-11;1-8(2)10-6-4-9(3)5-7-10;1-3-5-6-4-2;2*1-2/h8,10H,7,9H2,1-6H3;4-8H,9-10H2,1-3H3;8-10H,4-7H2,1-3H3;5-6H,3-4H2,1-2H3;2*1-2H3/b12-10-;;;;;. The van der Waals surface area contributed by atoms with E-state index >= 15 is 0 Å². The van der Waals surface area contributed by atoms with Crippen molar-refractivity contribution in [3.8, 4) is 0 Å². The summed E-state index contributed by atoms with van der Waals surface area (Å²) in [5.41, 5.74) is 5.16. The SMILES string of the molecule is CC.CC.CC(C)(C)CCc1ccccc1.CC(C)=CCC/C(C)=C\C(C)(C)C.CC1CCC(C(C)C)CC1.CCC=CCC. The molecule has 0 unspecified atom stereocenters. The smallest absolute Gasteiger partial charge is 0.0201 e. The Morgan fingerprint density at radius 3 is 1.60 bits per heavy atom. The van der Waals surface area contributed by atoms with E-state index in [0.29, 0.717) is 10.8 Å². The van der Waals surface area contributed by atoms with Gasteiger partial charge in [-0.25, -0.2) is 0 Å². The zero-order valence-corrected chi connectivity index (χ0v) is 34.5. The monoisotopic (exact) mass is 627 g/mol. The van der Waals surface area contributed by atoms with Crippen molar-refractivity contribution in [2.75, 3.05) is 0 Å². The summed E-state index contributed by atoms with van der Waals surface area (Å²) in [6.45, 7) is 39.5. The van der Waals surface area contributed by atoms with E-state index in [1.54, 1.807) is 0 Å². The molecule has 0 amide bonds. The molecule has 0 saturated heterocycles. The number of rotatable bonds is 8. The summed E-state index contributed by atoms with van der Waals surface area (Å²) in [5, 5.41) is 0. The molecule has 0 aliphatic heterocycles. The average Bonchev–Trinajstić information content (AvgIpc) is 2.97. The third-order valence-corrected chi connectivity index (χ3v) is 7.42. The van der Waals surface area contributed by atoms with Gasteiger partial charge in [-0.05, 0) is 106 Å². The van der Waals surface area contributed by atoms with Crippen molar-refractivity contribution in [1.82, 2.24) is 0 Å². The highest BCUT2D eigenvalue weighted by atomic mass is 14.3. The molecule has 1 aliphatic rings. The van der Waals surface area contributed by atoms with Crippen LogP contribution in [-0.2, 0) is 6.42 Å². The molecule has 0 aromatic heterocycles. The predicted octanol–water partition coefficient (Wildman–Crippen LogP) is 16.3. The topological polar surface area (TPSA) is 0 Å². The second kappa shape index (κ2) is 32.4. The highest BCUT2D eigenvalue weighted by Gasteiger charge is 2.20. The first-order valence-electron chi connectivity index (χ1n) is 19.0. The van der Waals surface area contributed by atoms with Gasteiger partial charge < -0.3 is 0 Å². The summed E-state index contributed by atoms with van der Waals surface area (Å²) in [5.74, 6) is 2.97. The molecule has 1 aromatic rings. The second-order valence-electron chi connectivity index (χ2n) is 15.3. The molecule has 0 N–H and O–H groups in total. The lowest BCUT2D eigenvalue weighted by molar-refractivity contribution is 0.234. The van der Waals surface area contributed by atoms with Crippen LogP contribution in [0.3, 0.4) is 0 Å². The number of benzene rings is 1. The Hall–Kier alpha value is -1.56. The lowest BCUT2D eigenvalue weighted by Gasteiger charge is -2.28. The Labute approximate surface area is 288 Å². The van der Waals surface area contributed by atoms with Crippen LogP contribution in [0.2, 0.25) is 0 Å². The first kappa shape index (κ1) is 50.3. The predicted molar refractivity (Wildman–Crippen MR) is 214 cm³/mol. The average molecular weight is 627 g/mol. The normalized spacial score (nSPS) is 16.2. The molecule has 1 aromatic carbocycles. The molecule has 0 bridgehead atoms. The van der Waals surface area contributed by atoms with E-state index in [4.69, 9.17) is 0 Å².